The third-order valence-electron chi connectivity index (χ3n) is 1.89. The van der Waals surface area contributed by atoms with Crippen LogP contribution in [0.1, 0.15) is 10.4 Å². The number of aromatic nitrogens is 1. The van der Waals surface area contributed by atoms with E-state index in [-0.39, 0.29) is 24.1 Å². The molecule has 2 rings (SSSR count). The van der Waals surface area contributed by atoms with Crippen molar-refractivity contribution in [3.05, 3.63) is 30.1 Å². The zero-order valence-corrected chi connectivity index (χ0v) is 10.8. The fraction of sp³-hybridized carbons (Fsp3) is 0.111. The number of hydrogen-bond acceptors (Lipinski definition) is 5. The fourth-order valence-corrected chi connectivity index (χ4v) is 2.10. The van der Waals surface area contributed by atoms with Crippen molar-refractivity contribution >= 4 is 40.1 Å². The number of hydrogen-bond donors (Lipinski definition) is 1. The van der Waals surface area contributed by atoms with Gasteiger partial charge in [0.2, 0.25) is 0 Å². The van der Waals surface area contributed by atoms with Gasteiger partial charge < -0.3 is 12.4 Å². The second-order valence-corrected chi connectivity index (χ2v) is 4.58. The third kappa shape index (κ3) is 3.15. The van der Waals surface area contributed by atoms with E-state index in [9.17, 15) is 9.59 Å². The van der Waals surface area contributed by atoms with Gasteiger partial charge in [0.05, 0.1) is 11.3 Å². The molecule has 1 aliphatic rings. The first-order valence-electron chi connectivity index (χ1n) is 4.39. The molecule has 1 aromatic rings. The van der Waals surface area contributed by atoms with Crippen LogP contribution in [0.2, 0.25) is 0 Å². The molecule has 1 aromatic heterocycles. The molecule has 8 heteroatoms. The van der Waals surface area contributed by atoms with E-state index in [1.807, 2.05) is 0 Å². The van der Waals surface area contributed by atoms with E-state index in [0.29, 0.717) is 9.88 Å². The number of hydrazine groups is 1. The molecule has 5 nitrogen and oxygen atoms in total. The number of rotatable bonds is 2. The molecule has 0 unspecified atom stereocenters. The lowest BCUT2D eigenvalue weighted by molar-refractivity contribution is -0.125. The van der Waals surface area contributed by atoms with Crippen LogP contribution in [0.4, 0.5) is 0 Å². The van der Waals surface area contributed by atoms with E-state index >= 15 is 0 Å². The topological polar surface area (TPSA) is 62.3 Å². The maximum absolute atomic E-state index is 11.7. The molecular formula is C9H7ClN3O2S2-. The number of nitrogens with one attached hydrogen (secondary N) is 1. The highest BCUT2D eigenvalue weighted by Crippen LogP contribution is 2.17. The van der Waals surface area contributed by atoms with Crippen LogP contribution in [-0.4, -0.2) is 31.9 Å². The van der Waals surface area contributed by atoms with Gasteiger partial charge in [0.15, 0.2) is 4.32 Å². The Morgan fingerprint density at radius 2 is 2.35 bits per heavy atom. The van der Waals surface area contributed by atoms with Crippen molar-refractivity contribution in [2.75, 3.05) is 5.75 Å². The molecule has 0 spiro atoms. The van der Waals surface area contributed by atoms with Crippen LogP contribution in [0.15, 0.2) is 24.5 Å². The molecule has 17 heavy (non-hydrogen) atoms. The lowest BCUT2D eigenvalue weighted by Gasteiger charge is -2.15. The summed E-state index contributed by atoms with van der Waals surface area (Å²) in [6, 6.07) is 3.26. The SMILES string of the molecule is O=C(NN1C(=O)CSC1=S)c1cccnc1.[Cl-]. The molecule has 0 aliphatic carbocycles. The largest absolute Gasteiger partial charge is 1.00 e. The monoisotopic (exact) mass is 288 g/mol. The molecule has 0 saturated carbocycles. The molecule has 1 saturated heterocycles. The molecule has 1 aliphatic heterocycles. The lowest BCUT2D eigenvalue weighted by atomic mass is 10.3. The fourth-order valence-electron chi connectivity index (χ4n) is 1.13. The van der Waals surface area contributed by atoms with E-state index in [1.165, 1.54) is 18.0 Å². The molecule has 2 heterocycles. The Hall–Kier alpha value is -1.18. The zero-order valence-electron chi connectivity index (χ0n) is 8.42. The molecule has 90 valence electrons. The van der Waals surface area contributed by atoms with Gasteiger partial charge in [-0.25, -0.2) is 5.01 Å². The quantitative estimate of drug-likeness (QED) is 0.615. The first kappa shape index (κ1) is 13.9. The van der Waals surface area contributed by atoms with Gasteiger partial charge >= 0.3 is 0 Å². The summed E-state index contributed by atoms with van der Waals surface area (Å²) in [5.74, 6) is -0.342. The minimum atomic E-state index is -0.397. The average molecular weight is 289 g/mol. The highest BCUT2D eigenvalue weighted by Gasteiger charge is 2.28. The van der Waals surface area contributed by atoms with E-state index in [0.717, 1.165) is 5.01 Å². The maximum Gasteiger partial charge on any atom is 0.271 e. The van der Waals surface area contributed by atoms with E-state index in [1.54, 1.807) is 18.3 Å². The first-order chi connectivity index (χ1) is 7.68. The minimum absolute atomic E-state index is 0. The zero-order chi connectivity index (χ0) is 11.5. The molecule has 2 amide bonds. The number of carbonyl (C=O) groups excluding carboxylic acids is 2. The van der Waals surface area contributed by atoms with Crippen LogP contribution >= 0.6 is 24.0 Å². The number of pyridine rings is 1. The van der Waals surface area contributed by atoms with Crippen molar-refractivity contribution < 1.29 is 22.0 Å². The standard InChI is InChI=1S/C9H7N3O2S2.ClH/c13-7-5-16-9(15)12(7)11-8(14)6-2-1-3-10-4-6;/h1-4H,5H2,(H,11,14);1H/p-1. The number of thiocarbonyl (C=S) groups is 1. The number of amides is 2. The molecule has 0 atom stereocenters. The van der Waals surface area contributed by atoms with Crippen molar-refractivity contribution in [3.63, 3.8) is 0 Å². The lowest BCUT2D eigenvalue weighted by Crippen LogP contribution is -3.00. The summed E-state index contributed by atoms with van der Waals surface area (Å²) in [5, 5.41) is 1.09. The van der Waals surface area contributed by atoms with Gasteiger partial charge in [-0.2, -0.15) is 0 Å². The summed E-state index contributed by atoms with van der Waals surface area (Å²) >= 11 is 6.15. The average Bonchev–Trinajstić information content (AvgIpc) is 2.62. The van der Waals surface area contributed by atoms with Crippen molar-refractivity contribution in [2.45, 2.75) is 0 Å². The Morgan fingerprint density at radius 1 is 1.59 bits per heavy atom. The highest BCUT2D eigenvalue weighted by atomic mass is 35.5. The van der Waals surface area contributed by atoms with Gasteiger partial charge in [-0.1, -0.05) is 24.0 Å². The van der Waals surface area contributed by atoms with Gasteiger partial charge in [0.25, 0.3) is 11.8 Å². The second kappa shape index (κ2) is 5.95. The van der Waals surface area contributed by atoms with Crippen LogP contribution < -0.4 is 17.8 Å². The van der Waals surface area contributed by atoms with Gasteiger partial charge in [-0.3, -0.25) is 20.0 Å². The Kier molecular flexibility index (Phi) is 4.86. The summed E-state index contributed by atoms with van der Waals surface area (Å²) in [6.07, 6.45) is 2.99. The third-order valence-corrected chi connectivity index (χ3v) is 3.25. The Bertz CT molecular complexity index is 439. The highest BCUT2D eigenvalue weighted by molar-refractivity contribution is 8.23. The number of halogens is 1. The van der Waals surface area contributed by atoms with Gasteiger partial charge in [0, 0.05) is 12.4 Å². The van der Waals surface area contributed by atoms with Crippen LogP contribution in [-0.2, 0) is 4.79 Å². The number of carbonyl (C=O) groups is 2. The molecule has 0 bridgehead atoms. The smallest absolute Gasteiger partial charge is 0.271 e. The van der Waals surface area contributed by atoms with E-state index in [2.05, 4.69) is 10.4 Å². The van der Waals surface area contributed by atoms with Crippen molar-refractivity contribution in [3.8, 4) is 0 Å². The van der Waals surface area contributed by atoms with Crippen LogP contribution in [0.5, 0.6) is 0 Å². The predicted molar refractivity (Wildman–Crippen MR) is 63.6 cm³/mol. The van der Waals surface area contributed by atoms with Crippen LogP contribution in [0, 0.1) is 0 Å². The summed E-state index contributed by atoms with van der Waals surface area (Å²) in [5.41, 5.74) is 2.82. The summed E-state index contributed by atoms with van der Waals surface area (Å²) in [4.78, 5) is 26.8. The van der Waals surface area contributed by atoms with Crippen molar-refractivity contribution in [2.24, 2.45) is 0 Å². The molecule has 0 aromatic carbocycles. The van der Waals surface area contributed by atoms with Gasteiger partial charge in [-0.05, 0) is 12.1 Å². The van der Waals surface area contributed by atoms with Crippen molar-refractivity contribution in [1.29, 1.82) is 0 Å². The minimum Gasteiger partial charge on any atom is -1.00 e. The first-order valence-corrected chi connectivity index (χ1v) is 5.78. The van der Waals surface area contributed by atoms with Gasteiger partial charge in [0.1, 0.15) is 0 Å². The summed E-state index contributed by atoms with van der Waals surface area (Å²) < 4.78 is 0.363. The number of thioether (sulfide) groups is 1. The second-order valence-electron chi connectivity index (χ2n) is 2.97. The summed E-state index contributed by atoms with van der Waals surface area (Å²) in [6.45, 7) is 0. The predicted octanol–water partition coefficient (Wildman–Crippen LogP) is -2.41. The Labute approximate surface area is 113 Å². The van der Waals surface area contributed by atoms with E-state index in [4.69, 9.17) is 12.2 Å². The Balaban J connectivity index is 0.00000144. The maximum atomic E-state index is 11.7. The summed E-state index contributed by atoms with van der Waals surface area (Å²) in [7, 11) is 0. The van der Waals surface area contributed by atoms with Crippen LogP contribution in [0.3, 0.4) is 0 Å². The normalized spacial score (nSPS) is 14.5. The number of nitrogens with zero attached hydrogens (tertiary/aromatic N) is 2. The molecular weight excluding hydrogens is 282 g/mol. The van der Waals surface area contributed by atoms with E-state index < -0.39 is 5.91 Å². The van der Waals surface area contributed by atoms with Crippen molar-refractivity contribution in [1.82, 2.24) is 15.4 Å². The molecule has 1 fully saturated rings. The molecule has 1 N–H and O–H groups in total. The molecule has 0 radical (unpaired) electrons. The van der Waals surface area contributed by atoms with Gasteiger partial charge in [-0.15, -0.1) is 0 Å². The van der Waals surface area contributed by atoms with Crippen LogP contribution in [0.25, 0.3) is 0 Å². The Morgan fingerprint density at radius 3 is 2.88 bits per heavy atom.